The van der Waals surface area contributed by atoms with Crippen LogP contribution in [0.5, 0.6) is 0 Å². The highest BCUT2D eigenvalue weighted by molar-refractivity contribution is 8.00. The molecule has 0 N–H and O–H groups in total. The molecule has 5 nitrogen and oxygen atoms in total. The van der Waals surface area contributed by atoms with Crippen LogP contribution in [0.3, 0.4) is 0 Å². The predicted octanol–water partition coefficient (Wildman–Crippen LogP) is 2.85. The maximum Gasteiger partial charge on any atom is 0.253 e. The van der Waals surface area contributed by atoms with Crippen LogP contribution in [0.2, 0.25) is 0 Å². The van der Waals surface area contributed by atoms with E-state index in [2.05, 4.69) is 11.9 Å². The van der Waals surface area contributed by atoms with Gasteiger partial charge in [-0.1, -0.05) is 42.5 Å². The summed E-state index contributed by atoms with van der Waals surface area (Å²) < 4.78 is 0. The van der Waals surface area contributed by atoms with Gasteiger partial charge in [0, 0.05) is 38.3 Å². The molecule has 0 aliphatic carbocycles. The first-order chi connectivity index (χ1) is 13.6. The standard InChI is InChI=1S/C22H25N3O2S/c1-23-11-13-24(14-12-23)21(27)18-7-9-19(10-8-18)22-25(20(26)16-28-22)15-17-5-3-2-4-6-17/h2-10,22H,11-16H2,1H3. The highest BCUT2D eigenvalue weighted by Gasteiger charge is 2.33. The Morgan fingerprint density at radius 1 is 1.00 bits per heavy atom. The summed E-state index contributed by atoms with van der Waals surface area (Å²) in [5.41, 5.74) is 2.92. The van der Waals surface area contributed by atoms with Crippen molar-refractivity contribution in [3.05, 3.63) is 71.3 Å². The number of likely N-dealkylation sites (N-methyl/N-ethyl adjacent to an activating group) is 1. The molecular weight excluding hydrogens is 370 g/mol. The molecule has 2 aromatic rings. The minimum Gasteiger partial charge on any atom is -0.336 e. The van der Waals surface area contributed by atoms with Gasteiger partial charge in [-0.05, 0) is 30.3 Å². The molecule has 28 heavy (non-hydrogen) atoms. The Bertz CT molecular complexity index is 833. The van der Waals surface area contributed by atoms with Crippen molar-refractivity contribution in [3.63, 3.8) is 0 Å². The molecule has 0 aromatic heterocycles. The Morgan fingerprint density at radius 3 is 2.36 bits per heavy atom. The number of carbonyl (C=O) groups is 2. The lowest BCUT2D eigenvalue weighted by Gasteiger charge is -2.32. The topological polar surface area (TPSA) is 43.9 Å². The van der Waals surface area contributed by atoms with Crippen molar-refractivity contribution < 1.29 is 9.59 Å². The highest BCUT2D eigenvalue weighted by atomic mass is 32.2. The third-order valence-electron chi connectivity index (χ3n) is 5.40. The van der Waals surface area contributed by atoms with Crippen molar-refractivity contribution in [2.24, 2.45) is 0 Å². The van der Waals surface area contributed by atoms with Crippen LogP contribution >= 0.6 is 11.8 Å². The Balaban J connectivity index is 1.46. The second-order valence-corrected chi connectivity index (χ2v) is 8.46. The summed E-state index contributed by atoms with van der Waals surface area (Å²) in [4.78, 5) is 31.2. The summed E-state index contributed by atoms with van der Waals surface area (Å²) in [7, 11) is 2.08. The lowest BCUT2D eigenvalue weighted by atomic mass is 10.1. The number of hydrogen-bond donors (Lipinski definition) is 0. The predicted molar refractivity (Wildman–Crippen MR) is 112 cm³/mol. The normalized spacial score (nSPS) is 20.6. The van der Waals surface area contributed by atoms with Gasteiger partial charge in [0.1, 0.15) is 5.37 Å². The van der Waals surface area contributed by atoms with Crippen LogP contribution < -0.4 is 0 Å². The third-order valence-corrected chi connectivity index (χ3v) is 6.65. The summed E-state index contributed by atoms with van der Waals surface area (Å²) in [5.74, 6) is 0.756. The van der Waals surface area contributed by atoms with Crippen molar-refractivity contribution in [1.29, 1.82) is 0 Å². The van der Waals surface area contributed by atoms with Gasteiger partial charge in [0.15, 0.2) is 0 Å². The molecule has 1 unspecified atom stereocenters. The molecule has 2 amide bonds. The molecule has 2 aromatic carbocycles. The minimum absolute atomic E-state index is 0.000458. The van der Waals surface area contributed by atoms with Crippen LogP contribution in [-0.2, 0) is 11.3 Å². The second-order valence-electron chi connectivity index (χ2n) is 7.39. The molecule has 0 radical (unpaired) electrons. The average molecular weight is 396 g/mol. The molecule has 0 bridgehead atoms. The molecule has 2 aliphatic heterocycles. The molecule has 0 saturated carbocycles. The maximum absolute atomic E-state index is 12.7. The van der Waals surface area contributed by atoms with E-state index in [1.165, 1.54) is 0 Å². The van der Waals surface area contributed by atoms with Crippen LogP contribution in [0.1, 0.15) is 26.9 Å². The van der Waals surface area contributed by atoms with Gasteiger partial charge in [-0.3, -0.25) is 9.59 Å². The van der Waals surface area contributed by atoms with E-state index < -0.39 is 0 Å². The number of rotatable bonds is 4. The van der Waals surface area contributed by atoms with Gasteiger partial charge in [-0.25, -0.2) is 0 Å². The van der Waals surface area contributed by atoms with Gasteiger partial charge in [-0.2, -0.15) is 0 Å². The molecule has 6 heteroatoms. The van der Waals surface area contributed by atoms with E-state index >= 15 is 0 Å². The minimum atomic E-state index is 0.000458. The summed E-state index contributed by atoms with van der Waals surface area (Å²) in [6.45, 7) is 3.99. The fraction of sp³-hybridized carbons (Fsp3) is 0.364. The fourth-order valence-corrected chi connectivity index (χ4v) is 4.85. The molecule has 0 spiro atoms. The lowest BCUT2D eigenvalue weighted by Crippen LogP contribution is -2.47. The number of benzene rings is 2. The zero-order valence-electron chi connectivity index (χ0n) is 16.1. The van der Waals surface area contributed by atoms with Crippen LogP contribution in [-0.4, -0.2) is 65.5 Å². The monoisotopic (exact) mass is 395 g/mol. The summed E-state index contributed by atoms with van der Waals surface area (Å²) in [5, 5.41) is 0.000458. The Morgan fingerprint density at radius 2 is 1.68 bits per heavy atom. The Kier molecular flexibility index (Phi) is 5.69. The van der Waals surface area contributed by atoms with Crippen molar-refractivity contribution >= 4 is 23.6 Å². The first kappa shape index (κ1) is 19.0. The number of nitrogens with zero attached hydrogens (tertiary/aromatic N) is 3. The fourth-order valence-electron chi connectivity index (χ4n) is 3.66. The van der Waals surface area contributed by atoms with Crippen LogP contribution in [0.25, 0.3) is 0 Å². The highest BCUT2D eigenvalue weighted by Crippen LogP contribution is 2.39. The van der Waals surface area contributed by atoms with E-state index in [1.807, 2.05) is 64.4 Å². The third kappa shape index (κ3) is 4.08. The summed E-state index contributed by atoms with van der Waals surface area (Å²) in [6, 6.07) is 17.9. The first-order valence-corrected chi connectivity index (χ1v) is 10.7. The number of carbonyl (C=O) groups excluding carboxylic acids is 2. The van der Waals surface area contributed by atoms with Gasteiger partial charge >= 0.3 is 0 Å². The van der Waals surface area contributed by atoms with E-state index in [0.717, 1.165) is 42.9 Å². The molecule has 2 aliphatic rings. The molecular formula is C22H25N3O2S. The molecule has 2 saturated heterocycles. The van der Waals surface area contributed by atoms with Gasteiger partial charge in [0.05, 0.1) is 5.75 Å². The van der Waals surface area contributed by atoms with Gasteiger partial charge in [0.2, 0.25) is 5.91 Å². The Hall–Kier alpha value is -2.31. The van der Waals surface area contributed by atoms with E-state index in [9.17, 15) is 9.59 Å². The van der Waals surface area contributed by atoms with E-state index in [0.29, 0.717) is 12.3 Å². The first-order valence-electron chi connectivity index (χ1n) is 9.64. The quantitative estimate of drug-likeness (QED) is 0.799. The van der Waals surface area contributed by atoms with E-state index in [1.54, 1.807) is 11.8 Å². The van der Waals surface area contributed by atoms with Gasteiger partial charge in [-0.15, -0.1) is 11.8 Å². The number of thioether (sulfide) groups is 1. The van der Waals surface area contributed by atoms with Gasteiger partial charge < -0.3 is 14.7 Å². The SMILES string of the molecule is CN1CCN(C(=O)c2ccc(C3SCC(=O)N3Cc3ccccc3)cc2)CC1. The van der Waals surface area contributed by atoms with E-state index in [4.69, 9.17) is 0 Å². The molecule has 2 fully saturated rings. The smallest absolute Gasteiger partial charge is 0.253 e. The van der Waals surface area contributed by atoms with Crippen LogP contribution in [0.4, 0.5) is 0 Å². The zero-order valence-corrected chi connectivity index (χ0v) is 16.9. The zero-order chi connectivity index (χ0) is 19.5. The van der Waals surface area contributed by atoms with Crippen molar-refractivity contribution in [1.82, 2.24) is 14.7 Å². The summed E-state index contributed by atoms with van der Waals surface area (Å²) in [6.07, 6.45) is 0. The molecule has 2 heterocycles. The van der Waals surface area contributed by atoms with Crippen LogP contribution in [0.15, 0.2) is 54.6 Å². The van der Waals surface area contributed by atoms with Crippen molar-refractivity contribution in [3.8, 4) is 0 Å². The Labute approximate surface area is 170 Å². The number of hydrogen-bond acceptors (Lipinski definition) is 4. The maximum atomic E-state index is 12.7. The molecule has 4 rings (SSSR count). The largest absolute Gasteiger partial charge is 0.336 e. The van der Waals surface area contributed by atoms with Crippen molar-refractivity contribution in [2.45, 2.75) is 11.9 Å². The average Bonchev–Trinajstić information content (AvgIpc) is 3.09. The number of piperazine rings is 1. The molecule has 146 valence electrons. The van der Waals surface area contributed by atoms with Gasteiger partial charge in [0.25, 0.3) is 5.91 Å². The van der Waals surface area contributed by atoms with E-state index in [-0.39, 0.29) is 17.2 Å². The molecule has 1 atom stereocenters. The number of amides is 2. The van der Waals surface area contributed by atoms with Crippen molar-refractivity contribution in [2.75, 3.05) is 39.0 Å². The lowest BCUT2D eigenvalue weighted by molar-refractivity contribution is -0.128. The van der Waals surface area contributed by atoms with Crippen LogP contribution in [0, 0.1) is 0 Å². The second kappa shape index (κ2) is 8.37. The summed E-state index contributed by atoms with van der Waals surface area (Å²) >= 11 is 1.65.